The Morgan fingerprint density at radius 1 is 1.18 bits per heavy atom. The number of methoxy groups -OCH3 is 1. The first-order valence-electron chi connectivity index (χ1n) is 9.43. The van der Waals surface area contributed by atoms with Crippen LogP contribution in [0.15, 0.2) is 52.4 Å². The maximum atomic E-state index is 12.9. The van der Waals surface area contributed by atoms with Gasteiger partial charge in [0.15, 0.2) is 10.9 Å². The lowest BCUT2D eigenvalue weighted by molar-refractivity contribution is 0.102. The number of carbonyl (C=O) groups excluding carboxylic acids is 1. The molecule has 3 aromatic rings. The first-order chi connectivity index (χ1) is 13.7. The van der Waals surface area contributed by atoms with Crippen LogP contribution in [0, 0.1) is 0 Å². The molecule has 0 amide bonds. The molecule has 1 aromatic heterocycles. The van der Waals surface area contributed by atoms with Gasteiger partial charge in [-0.25, -0.2) is 4.98 Å². The largest absolute Gasteiger partial charge is 0.383 e. The van der Waals surface area contributed by atoms with Gasteiger partial charge in [-0.05, 0) is 48.6 Å². The van der Waals surface area contributed by atoms with Gasteiger partial charge in [0.1, 0.15) is 0 Å². The highest BCUT2D eigenvalue weighted by atomic mass is 32.2. The predicted octanol–water partition coefficient (Wildman–Crippen LogP) is 3.51. The zero-order valence-corrected chi connectivity index (χ0v) is 16.6. The lowest BCUT2D eigenvalue weighted by atomic mass is 10.0. The van der Waals surface area contributed by atoms with E-state index < -0.39 is 0 Å². The number of aryl methyl sites for hydroxylation is 2. The number of hydrogen-bond acceptors (Lipinski definition) is 5. The molecule has 0 atom stereocenters. The average Bonchev–Trinajstić information content (AvgIpc) is 3.19. The lowest BCUT2D eigenvalue weighted by Gasteiger charge is -2.12. The standard InChI is InChI=1S/C22H22N2O3S/c1-27-12-11-24-21(26)18-7-2-3-8-19(18)23-22(24)28-14-20(25)17-10-9-15-5-4-6-16(15)13-17/h2-3,7-10,13H,4-6,11-12,14H2,1H3. The number of ketones is 1. The Hall–Kier alpha value is -2.44. The van der Waals surface area contributed by atoms with Crippen LogP contribution in [-0.4, -0.2) is 34.8 Å². The fourth-order valence-corrected chi connectivity index (χ4v) is 4.52. The molecule has 1 heterocycles. The van der Waals surface area contributed by atoms with E-state index in [1.54, 1.807) is 17.7 Å². The highest BCUT2D eigenvalue weighted by Crippen LogP contribution is 2.24. The smallest absolute Gasteiger partial charge is 0.262 e. The van der Waals surface area contributed by atoms with Crippen LogP contribution < -0.4 is 5.56 Å². The first-order valence-corrected chi connectivity index (χ1v) is 10.4. The van der Waals surface area contributed by atoms with Gasteiger partial charge >= 0.3 is 0 Å². The fraction of sp³-hybridized carbons (Fsp3) is 0.318. The van der Waals surface area contributed by atoms with Gasteiger partial charge < -0.3 is 4.74 Å². The zero-order chi connectivity index (χ0) is 19.5. The molecule has 1 aliphatic carbocycles. The summed E-state index contributed by atoms with van der Waals surface area (Å²) in [5, 5.41) is 1.13. The third-order valence-electron chi connectivity index (χ3n) is 5.10. The third kappa shape index (κ3) is 3.75. The maximum absolute atomic E-state index is 12.9. The molecule has 0 bridgehead atoms. The number of hydrogen-bond donors (Lipinski definition) is 0. The molecule has 0 saturated carbocycles. The van der Waals surface area contributed by atoms with Crippen LogP contribution >= 0.6 is 11.8 Å². The van der Waals surface area contributed by atoms with Gasteiger partial charge in [0.25, 0.3) is 5.56 Å². The van der Waals surface area contributed by atoms with E-state index >= 15 is 0 Å². The Morgan fingerprint density at radius 2 is 2.00 bits per heavy atom. The number of para-hydroxylation sites is 1. The Balaban J connectivity index is 1.59. The van der Waals surface area contributed by atoms with Crippen LogP contribution in [0.3, 0.4) is 0 Å². The average molecular weight is 394 g/mol. The van der Waals surface area contributed by atoms with Crippen molar-refractivity contribution in [3.8, 4) is 0 Å². The molecule has 5 nitrogen and oxygen atoms in total. The van der Waals surface area contributed by atoms with Crippen molar-refractivity contribution in [2.75, 3.05) is 19.5 Å². The van der Waals surface area contributed by atoms with Gasteiger partial charge in [-0.3, -0.25) is 14.2 Å². The maximum Gasteiger partial charge on any atom is 0.262 e. The number of Topliss-reactive ketones (excluding diaryl/α,β-unsaturated/α-hetero) is 1. The number of thioether (sulfide) groups is 1. The molecule has 0 unspecified atom stereocenters. The number of ether oxygens (including phenoxy) is 1. The lowest BCUT2D eigenvalue weighted by Crippen LogP contribution is -2.25. The van der Waals surface area contributed by atoms with Gasteiger partial charge in [0.05, 0.1) is 29.8 Å². The van der Waals surface area contributed by atoms with Gasteiger partial charge in [0, 0.05) is 12.7 Å². The monoisotopic (exact) mass is 394 g/mol. The summed E-state index contributed by atoms with van der Waals surface area (Å²) in [6.07, 6.45) is 3.31. The van der Waals surface area contributed by atoms with Crippen molar-refractivity contribution in [1.29, 1.82) is 0 Å². The minimum Gasteiger partial charge on any atom is -0.383 e. The van der Waals surface area contributed by atoms with Crippen LogP contribution in [0.5, 0.6) is 0 Å². The molecular formula is C22H22N2O3S. The van der Waals surface area contributed by atoms with Gasteiger partial charge in [-0.1, -0.05) is 36.0 Å². The summed E-state index contributed by atoms with van der Waals surface area (Å²) in [5.74, 6) is 0.303. The van der Waals surface area contributed by atoms with E-state index in [1.807, 2.05) is 30.3 Å². The second-order valence-electron chi connectivity index (χ2n) is 6.91. The second-order valence-corrected chi connectivity index (χ2v) is 7.85. The molecule has 144 valence electrons. The van der Waals surface area contributed by atoms with Crippen molar-refractivity contribution in [3.05, 3.63) is 69.5 Å². The molecular weight excluding hydrogens is 372 g/mol. The number of aromatic nitrogens is 2. The number of benzene rings is 2. The summed E-state index contributed by atoms with van der Waals surface area (Å²) in [7, 11) is 1.60. The van der Waals surface area contributed by atoms with E-state index in [4.69, 9.17) is 4.74 Å². The number of nitrogens with zero attached hydrogens (tertiary/aromatic N) is 2. The summed E-state index contributed by atoms with van der Waals surface area (Å²) in [5.41, 5.74) is 3.92. The molecule has 0 saturated heterocycles. The quantitative estimate of drug-likeness (QED) is 0.349. The van der Waals surface area contributed by atoms with E-state index in [2.05, 4.69) is 11.1 Å². The normalized spacial score (nSPS) is 13.0. The van der Waals surface area contributed by atoms with Crippen molar-refractivity contribution < 1.29 is 9.53 Å². The molecule has 0 radical (unpaired) electrons. The van der Waals surface area contributed by atoms with Crippen molar-refractivity contribution >= 4 is 28.4 Å². The first kappa shape index (κ1) is 18.9. The second kappa shape index (κ2) is 8.29. The Kier molecular flexibility index (Phi) is 5.59. The molecule has 0 N–H and O–H groups in total. The van der Waals surface area contributed by atoms with E-state index in [9.17, 15) is 9.59 Å². The van der Waals surface area contributed by atoms with Crippen LogP contribution in [-0.2, 0) is 24.1 Å². The van der Waals surface area contributed by atoms with E-state index in [0.717, 1.165) is 24.8 Å². The third-order valence-corrected chi connectivity index (χ3v) is 6.07. The number of rotatable bonds is 7. The Bertz CT molecular complexity index is 1090. The van der Waals surface area contributed by atoms with E-state index in [0.29, 0.717) is 29.2 Å². The summed E-state index contributed by atoms with van der Waals surface area (Å²) < 4.78 is 6.75. The van der Waals surface area contributed by atoms with Crippen molar-refractivity contribution in [2.45, 2.75) is 31.0 Å². The molecule has 1 aliphatic rings. The van der Waals surface area contributed by atoms with Gasteiger partial charge in [-0.2, -0.15) is 0 Å². The molecule has 2 aromatic carbocycles. The van der Waals surface area contributed by atoms with Crippen LogP contribution in [0.4, 0.5) is 0 Å². The summed E-state index contributed by atoms with van der Waals surface area (Å²) >= 11 is 1.31. The SMILES string of the molecule is COCCn1c(SCC(=O)c2ccc3c(c2)CCC3)nc2ccccc2c1=O. The van der Waals surface area contributed by atoms with Gasteiger partial charge in [0.2, 0.25) is 0 Å². The van der Waals surface area contributed by atoms with Crippen molar-refractivity contribution in [2.24, 2.45) is 0 Å². The summed E-state index contributed by atoms with van der Waals surface area (Å²) in [6, 6.07) is 13.3. The van der Waals surface area contributed by atoms with E-state index in [1.165, 1.54) is 22.9 Å². The number of carbonyl (C=O) groups is 1. The fourth-order valence-electron chi connectivity index (χ4n) is 3.60. The highest BCUT2D eigenvalue weighted by Gasteiger charge is 2.16. The minimum absolute atomic E-state index is 0.0559. The molecule has 28 heavy (non-hydrogen) atoms. The Labute approximate surface area is 167 Å². The molecule has 4 rings (SSSR count). The molecule has 6 heteroatoms. The summed E-state index contributed by atoms with van der Waals surface area (Å²) in [4.78, 5) is 30.2. The Morgan fingerprint density at radius 3 is 2.86 bits per heavy atom. The summed E-state index contributed by atoms with van der Waals surface area (Å²) in [6.45, 7) is 0.814. The number of fused-ring (bicyclic) bond motifs is 2. The van der Waals surface area contributed by atoms with E-state index in [-0.39, 0.29) is 17.1 Å². The van der Waals surface area contributed by atoms with Crippen molar-refractivity contribution in [1.82, 2.24) is 9.55 Å². The van der Waals surface area contributed by atoms with Gasteiger partial charge in [-0.15, -0.1) is 0 Å². The zero-order valence-electron chi connectivity index (χ0n) is 15.8. The minimum atomic E-state index is -0.102. The topological polar surface area (TPSA) is 61.2 Å². The van der Waals surface area contributed by atoms with Crippen LogP contribution in [0.25, 0.3) is 10.9 Å². The highest BCUT2D eigenvalue weighted by molar-refractivity contribution is 7.99. The van der Waals surface area contributed by atoms with Crippen LogP contribution in [0.1, 0.15) is 27.9 Å². The molecule has 0 spiro atoms. The van der Waals surface area contributed by atoms with Crippen molar-refractivity contribution in [3.63, 3.8) is 0 Å². The van der Waals surface area contributed by atoms with Crippen LogP contribution in [0.2, 0.25) is 0 Å². The molecule has 0 aliphatic heterocycles. The molecule has 0 fully saturated rings. The predicted molar refractivity (Wildman–Crippen MR) is 111 cm³/mol.